The first-order valence-corrected chi connectivity index (χ1v) is 11.2. The molecule has 0 saturated heterocycles. The van der Waals surface area contributed by atoms with E-state index in [0.29, 0.717) is 0 Å². The summed E-state index contributed by atoms with van der Waals surface area (Å²) >= 11 is 0. The minimum Gasteiger partial charge on any atom is -0.155 e. The van der Waals surface area contributed by atoms with Crippen LogP contribution < -0.4 is 0 Å². The quantitative estimate of drug-likeness (QED) is 0.615. The Kier molecular flexibility index (Phi) is 4.79. The van der Waals surface area contributed by atoms with Crippen molar-refractivity contribution >= 4 is 19.0 Å². The zero-order chi connectivity index (χ0) is 15.5. The molecule has 3 heteroatoms. The molecule has 0 unspecified atom stereocenters. The molecule has 1 aromatic heterocycles. The first-order valence-electron chi connectivity index (χ1n) is 7.70. The van der Waals surface area contributed by atoms with Crippen LogP contribution >= 0.6 is 0 Å². The van der Waals surface area contributed by atoms with Gasteiger partial charge in [0.15, 0.2) is 0 Å². The summed E-state index contributed by atoms with van der Waals surface area (Å²) in [6.07, 6.45) is 3.35. The second-order valence-corrected chi connectivity index (χ2v) is 11.4. The van der Waals surface area contributed by atoms with Crippen LogP contribution in [0.5, 0.6) is 0 Å². The van der Waals surface area contributed by atoms with Gasteiger partial charge in [0.1, 0.15) is 8.07 Å². The minimum atomic E-state index is -1.34. The molecule has 0 fully saturated rings. The van der Waals surface area contributed by atoms with Gasteiger partial charge >= 0.3 is 0 Å². The second kappa shape index (κ2) is 6.40. The van der Waals surface area contributed by atoms with Crippen LogP contribution in [0.2, 0.25) is 19.6 Å². The van der Waals surface area contributed by atoms with E-state index < -0.39 is 8.07 Å². The maximum atomic E-state index is 4.38. The number of hydrogen-bond acceptors (Lipinski definition) is 2. The van der Waals surface area contributed by atoms with Crippen LogP contribution in [0.25, 0.3) is 10.9 Å². The van der Waals surface area contributed by atoms with Gasteiger partial charge in [-0.25, -0.2) is 0 Å². The van der Waals surface area contributed by atoms with Crippen LogP contribution in [0, 0.1) is 18.4 Å². The Morgan fingerprint density at radius 1 is 1.14 bits per heavy atom. The number of aromatic nitrogens is 2. The van der Waals surface area contributed by atoms with Crippen molar-refractivity contribution < 1.29 is 0 Å². The number of benzene rings is 1. The monoisotopic (exact) mass is 296 g/mol. The fourth-order valence-corrected chi connectivity index (χ4v) is 2.71. The fourth-order valence-electron chi connectivity index (χ4n) is 2.19. The summed E-state index contributed by atoms with van der Waals surface area (Å²) < 4.78 is 0. The van der Waals surface area contributed by atoms with E-state index in [-0.39, 0.29) is 0 Å². The van der Waals surface area contributed by atoms with Gasteiger partial charge in [0.25, 0.3) is 0 Å². The zero-order valence-electron chi connectivity index (χ0n) is 13.7. The van der Waals surface area contributed by atoms with Crippen LogP contribution in [0.3, 0.4) is 0 Å². The van der Waals surface area contributed by atoms with E-state index in [1.165, 1.54) is 17.4 Å². The molecule has 2 aromatic rings. The van der Waals surface area contributed by atoms with Crippen molar-refractivity contribution in [2.75, 3.05) is 0 Å². The largest absolute Gasteiger partial charge is 0.155 e. The van der Waals surface area contributed by atoms with Crippen LogP contribution in [-0.2, 0) is 6.42 Å². The van der Waals surface area contributed by atoms with Gasteiger partial charge in [0.2, 0.25) is 0 Å². The van der Waals surface area contributed by atoms with Crippen LogP contribution in [0.1, 0.15) is 36.6 Å². The van der Waals surface area contributed by atoms with Crippen molar-refractivity contribution in [2.45, 2.75) is 52.8 Å². The van der Waals surface area contributed by atoms with Crippen molar-refractivity contribution in [3.05, 3.63) is 35.0 Å². The number of nitrogens with zero attached hydrogens (tertiary/aromatic N) is 2. The molecule has 1 heterocycles. The lowest BCUT2D eigenvalue weighted by Gasteiger charge is -2.07. The summed E-state index contributed by atoms with van der Waals surface area (Å²) in [4.78, 5) is 0. The van der Waals surface area contributed by atoms with E-state index in [0.717, 1.165) is 29.6 Å². The van der Waals surface area contributed by atoms with Crippen molar-refractivity contribution in [1.82, 2.24) is 10.2 Å². The molecule has 0 saturated carbocycles. The third-order valence-electron chi connectivity index (χ3n) is 3.46. The van der Waals surface area contributed by atoms with Gasteiger partial charge in [0, 0.05) is 10.9 Å². The molecule has 21 heavy (non-hydrogen) atoms. The lowest BCUT2D eigenvalue weighted by Crippen LogP contribution is -2.16. The van der Waals surface area contributed by atoms with Crippen molar-refractivity contribution in [1.29, 1.82) is 0 Å². The Morgan fingerprint density at radius 2 is 1.90 bits per heavy atom. The van der Waals surface area contributed by atoms with Crippen molar-refractivity contribution in [3.63, 3.8) is 0 Å². The number of fused-ring (bicyclic) bond motifs is 1. The van der Waals surface area contributed by atoms with Crippen LogP contribution in [0.15, 0.2) is 18.2 Å². The molecule has 1 aromatic carbocycles. The number of aryl methyl sites for hydroxylation is 2. The van der Waals surface area contributed by atoms with E-state index in [2.05, 4.69) is 67.3 Å². The third-order valence-corrected chi connectivity index (χ3v) is 4.34. The number of rotatable bonds is 3. The lowest BCUT2D eigenvalue weighted by molar-refractivity contribution is 0.759. The Hall–Kier alpha value is -1.66. The smallest absolute Gasteiger partial charge is 0.129 e. The summed E-state index contributed by atoms with van der Waals surface area (Å²) in [5.74, 6) is 3.33. The molecule has 0 atom stereocenters. The molecule has 0 amide bonds. The molecule has 0 aliphatic carbocycles. The first-order chi connectivity index (χ1) is 9.90. The van der Waals surface area contributed by atoms with E-state index in [9.17, 15) is 0 Å². The van der Waals surface area contributed by atoms with Gasteiger partial charge in [-0.1, -0.05) is 38.9 Å². The highest BCUT2D eigenvalue weighted by molar-refractivity contribution is 6.83. The van der Waals surface area contributed by atoms with Gasteiger partial charge in [-0.05, 0) is 43.5 Å². The standard InChI is InChI=1S/C18H24N2Si/c1-6-7-8-17-14(2)16-13-15(11-12-21(3,4)5)9-10-18(16)20-19-17/h9-10,13H,6-8H2,1-5H3. The Labute approximate surface area is 129 Å². The van der Waals surface area contributed by atoms with Gasteiger partial charge in [-0.15, -0.1) is 5.54 Å². The summed E-state index contributed by atoms with van der Waals surface area (Å²) in [5.41, 5.74) is 7.85. The van der Waals surface area contributed by atoms with E-state index >= 15 is 0 Å². The SMILES string of the molecule is CCCCc1nnc2ccc(C#C[Si](C)(C)C)cc2c1C. The molecule has 0 aliphatic heterocycles. The van der Waals surface area contributed by atoms with E-state index in [4.69, 9.17) is 0 Å². The second-order valence-electron chi connectivity index (χ2n) is 6.61. The molecular formula is C18H24N2Si. The maximum Gasteiger partial charge on any atom is 0.129 e. The van der Waals surface area contributed by atoms with Gasteiger partial charge in [-0.2, -0.15) is 10.2 Å². The van der Waals surface area contributed by atoms with E-state index in [1.54, 1.807) is 0 Å². The normalized spacial score (nSPS) is 11.3. The summed E-state index contributed by atoms with van der Waals surface area (Å²) in [7, 11) is -1.34. The summed E-state index contributed by atoms with van der Waals surface area (Å²) in [5, 5.41) is 9.93. The van der Waals surface area contributed by atoms with Crippen LogP contribution in [-0.4, -0.2) is 18.3 Å². The molecule has 2 rings (SSSR count). The Balaban J connectivity index is 2.44. The molecule has 0 aliphatic rings. The lowest BCUT2D eigenvalue weighted by atomic mass is 10.0. The number of hydrogen-bond donors (Lipinski definition) is 0. The number of unbranched alkanes of at least 4 members (excludes halogenated alkanes) is 1. The predicted molar refractivity (Wildman–Crippen MR) is 93.1 cm³/mol. The molecule has 2 nitrogen and oxygen atoms in total. The summed E-state index contributed by atoms with van der Waals surface area (Å²) in [6.45, 7) is 11.1. The highest BCUT2D eigenvalue weighted by Gasteiger charge is 2.09. The minimum absolute atomic E-state index is 0.964. The van der Waals surface area contributed by atoms with Crippen molar-refractivity contribution in [2.24, 2.45) is 0 Å². The highest BCUT2D eigenvalue weighted by Crippen LogP contribution is 2.20. The van der Waals surface area contributed by atoms with Crippen molar-refractivity contribution in [3.8, 4) is 11.5 Å². The average molecular weight is 296 g/mol. The fraction of sp³-hybridized carbons (Fsp3) is 0.444. The Morgan fingerprint density at radius 3 is 2.57 bits per heavy atom. The summed E-state index contributed by atoms with van der Waals surface area (Å²) in [6, 6.07) is 6.25. The van der Waals surface area contributed by atoms with Gasteiger partial charge in [0.05, 0.1) is 11.2 Å². The molecule has 0 bridgehead atoms. The maximum absolute atomic E-state index is 4.38. The zero-order valence-corrected chi connectivity index (χ0v) is 14.7. The molecule has 0 spiro atoms. The average Bonchev–Trinajstić information content (AvgIpc) is 2.44. The van der Waals surface area contributed by atoms with E-state index in [1.807, 2.05) is 6.07 Å². The first kappa shape index (κ1) is 15.7. The highest BCUT2D eigenvalue weighted by atomic mass is 28.3. The van der Waals surface area contributed by atoms with Crippen LogP contribution in [0.4, 0.5) is 0 Å². The molecule has 110 valence electrons. The topological polar surface area (TPSA) is 25.8 Å². The molecule has 0 radical (unpaired) electrons. The van der Waals surface area contributed by atoms with Gasteiger partial charge in [-0.3, -0.25) is 0 Å². The third kappa shape index (κ3) is 4.15. The molecule has 0 N–H and O–H groups in total. The molecular weight excluding hydrogens is 272 g/mol. The van der Waals surface area contributed by atoms with Gasteiger partial charge < -0.3 is 0 Å². The Bertz CT molecular complexity index is 703. The predicted octanol–water partition coefficient (Wildman–Crippen LogP) is 4.51.